The van der Waals surface area contributed by atoms with Gasteiger partial charge in [0.25, 0.3) is 0 Å². The molecular weight excluding hydrogens is 252 g/mol. The van der Waals surface area contributed by atoms with Crippen molar-refractivity contribution in [2.45, 2.75) is 38.6 Å². The molecule has 1 nitrogen and oxygen atoms in total. The Labute approximate surface area is 110 Å². The van der Waals surface area contributed by atoms with Crippen LogP contribution < -0.4 is 0 Å². The van der Waals surface area contributed by atoms with Crippen LogP contribution in [0.3, 0.4) is 0 Å². The van der Waals surface area contributed by atoms with Gasteiger partial charge in [-0.3, -0.25) is 4.90 Å². The molecule has 0 aliphatic heterocycles. The highest BCUT2D eigenvalue weighted by atomic mass is 35.5. The fraction of sp³-hybridized carbons (Fsp3) is 1.00. The molecule has 0 unspecified atom stereocenters. The van der Waals surface area contributed by atoms with Gasteiger partial charge in [0.2, 0.25) is 0 Å². The second-order valence-corrected chi connectivity index (χ2v) is 5.08. The number of halogens is 3. The molecule has 1 aliphatic carbocycles. The summed E-state index contributed by atoms with van der Waals surface area (Å²) in [4.78, 5) is 2.46. The highest BCUT2D eigenvalue weighted by Gasteiger charge is 2.22. The van der Waals surface area contributed by atoms with Crippen LogP contribution in [0.5, 0.6) is 0 Å². The zero-order chi connectivity index (χ0) is 10.4. The molecule has 15 heavy (non-hydrogen) atoms. The van der Waals surface area contributed by atoms with Gasteiger partial charge in [-0.05, 0) is 31.6 Å². The topological polar surface area (TPSA) is 3.24 Å². The Morgan fingerprint density at radius 3 is 1.87 bits per heavy atom. The van der Waals surface area contributed by atoms with Crippen LogP contribution in [0.25, 0.3) is 0 Å². The number of hydrogen-bond acceptors (Lipinski definition) is 1. The monoisotopic (exact) mass is 273 g/mol. The first kappa shape index (κ1) is 15.8. The van der Waals surface area contributed by atoms with Gasteiger partial charge in [-0.1, -0.05) is 6.92 Å². The minimum Gasteiger partial charge on any atom is -0.298 e. The van der Waals surface area contributed by atoms with Crippen LogP contribution in [0.4, 0.5) is 0 Å². The Morgan fingerprint density at radius 1 is 1.00 bits per heavy atom. The third kappa shape index (κ3) is 5.63. The highest BCUT2D eigenvalue weighted by Crippen LogP contribution is 2.26. The second-order valence-electron chi connectivity index (χ2n) is 4.33. The van der Waals surface area contributed by atoms with Crippen LogP contribution in [0.15, 0.2) is 0 Å². The van der Waals surface area contributed by atoms with Crippen molar-refractivity contribution >= 4 is 35.6 Å². The van der Waals surface area contributed by atoms with Gasteiger partial charge in [0.1, 0.15) is 0 Å². The van der Waals surface area contributed by atoms with Crippen molar-refractivity contribution in [2.24, 2.45) is 5.92 Å². The third-order valence-electron chi connectivity index (χ3n) is 3.25. The van der Waals surface area contributed by atoms with E-state index in [0.29, 0.717) is 0 Å². The van der Waals surface area contributed by atoms with Gasteiger partial charge in [0.05, 0.1) is 0 Å². The molecule has 1 fully saturated rings. The summed E-state index contributed by atoms with van der Waals surface area (Å²) >= 11 is 11.6. The lowest BCUT2D eigenvalue weighted by Gasteiger charge is -2.35. The van der Waals surface area contributed by atoms with Gasteiger partial charge in [-0.25, -0.2) is 0 Å². The van der Waals surface area contributed by atoms with Gasteiger partial charge in [-0.2, -0.15) is 0 Å². The molecule has 0 aromatic carbocycles. The molecule has 0 bridgehead atoms. The van der Waals surface area contributed by atoms with E-state index in [4.69, 9.17) is 23.2 Å². The molecule has 92 valence electrons. The van der Waals surface area contributed by atoms with Crippen LogP contribution in [0.1, 0.15) is 32.6 Å². The fourth-order valence-corrected chi connectivity index (χ4v) is 2.74. The summed E-state index contributed by atoms with van der Waals surface area (Å²) < 4.78 is 0. The number of alkyl halides is 2. The van der Waals surface area contributed by atoms with Crippen molar-refractivity contribution in [3.05, 3.63) is 0 Å². The second kappa shape index (κ2) is 8.92. The lowest BCUT2D eigenvalue weighted by molar-refractivity contribution is 0.155. The normalized spacial score (nSPS) is 26.4. The van der Waals surface area contributed by atoms with Gasteiger partial charge >= 0.3 is 0 Å². The first-order chi connectivity index (χ1) is 6.77. The minimum absolute atomic E-state index is 0. The lowest BCUT2D eigenvalue weighted by Crippen LogP contribution is -2.40. The first-order valence-electron chi connectivity index (χ1n) is 5.64. The molecule has 1 saturated carbocycles. The fourth-order valence-electron chi connectivity index (χ4n) is 2.30. The SMILES string of the molecule is CC1CCC(N(CCCl)CCCl)CC1.Cl. The van der Waals surface area contributed by atoms with E-state index in [9.17, 15) is 0 Å². The maximum atomic E-state index is 5.80. The van der Waals surface area contributed by atoms with E-state index < -0.39 is 0 Å². The first-order valence-corrected chi connectivity index (χ1v) is 6.70. The smallest absolute Gasteiger partial charge is 0.0351 e. The van der Waals surface area contributed by atoms with Gasteiger partial charge in [-0.15, -0.1) is 35.6 Å². The zero-order valence-electron chi connectivity index (χ0n) is 9.42. The Hall–Kier alpha value is 0.830. The van der Waals surface area contributed by atoms with E-state index in [0.717, 1.165) is 36.8 Å². The van der Waals surface area contributed by atoms with Crippen LogP contribution in [0.2, 0.25) is 0 Å². The summed E-state index contributed by atoms with van der Waals surface area (Å²) in [5.41, 5.74) is 0. The van der Waals surface area contributed by atoms with Crippen LogP contribution in [-0.4, -0.2) is 35.8 Å². The van der Waals surface area contributed by atoms with Gasteiger partial charge < -0.3 is 0 Å². The van der Waals surface area contributed by atoms with Crippen LogP contribution >= 0.6 is 35.6 Å². The summed E-state index contributed by atoms with van der Waals surface area (Å²) in [6, 6.07) is 0.740. The summed E-state index contributed by atoms with van der Waals surface area (Å²) in [6.07, 6.45) is 5.39. The van der Waals surface area contributed by atoms with E-state index in [1.54, 1.807) is 0 Å². The predicted molar refractivity (Wildman–Crippen MR) is 71.7 cm³/mol. The average Bonchev–Trinajstić information content (AvgIpc) is 2.19. The van der Waals surface area contributed by atoms with E-state index in [1.165, 1.54) is 25.7 Å². The molecule has 0 aromatic heterocycles. The van der Waals surface area contributed by atoms with Crippen molar-refractivity contribution in [1.29, 1.82) is 0 Å². The molecule has 0 spiro atoms. The summed E-state index contributed by atoms with van der Waals surface area (Å²) in [5.74, 6) is 2.37. The number of hydrogen-bond donors (Lipinski definition) is 0. The van der Waals surface area contributed by atoms with Crippen molar-refractivity contribution < 1.29 is 0 Å². The van der Waals surface area contributed by atoms with E-state index in [1.807, 2.05) is 0 Å². The maximum Gasteiger partial charge on any atom is 0.0351 e. The molecule has 0 atom stereocenters. The molecule has 0 aromatic rings. The number of nitrogens with zero attached hydrogens (tertiary/aromatic N) is 1. The Morgan fingerprint density at radius 2 is 1.47 bits per heavy atom. The van der Waals surface area contributed by atoms with Crippen LogP contribution in [0, 0.1) is 5.92 Å². The maximum absolute atomic E-state index is 5.80. The van der Waals surface area contributed by atoms with Gasteiger partial charge in [0.15, 0.2) is 0 Å². The minimum atomic E-state index is 0. The van der Waals surface area contributed by atoms with Crippen molar-refractivity contribution in [3.63, 3.8) is 0 Å². The molecular formula is C11H22Cl3N. The Balaban J connectivity index is 0.00000196. The van der Waals surface area contributed by atoms with Crippen LogP contribution in [-0.2, 0) is 0 Å². The molecule has 0 amide bonds. The highest BCUT2D eigenvalue weighted by molar-refractivity contribution is 6.18. The standard InChI is InChI=1S/C11H21Cl2N.ClH/c1-10-2-4-11(5-3-10)14(8-6-12)9-7-13;/h10-11H,2-9H2,1H3;1H. The van der Waals surface area contributed by atoms with Crippen molar-refractivity contribution in [3.8, 4) is 0 Å². The molecule has 1 rings (SSSR count). The van der Waals surface area contributed by atoms with E-state index in [2.05, 4.69) is 11.8 Å². The molecule has 0 saturated heterocycles. The van der Waals surface area contributed by atoms with E-state index >= 15 is 0 Å². The lowest BCUT2D eigenvalue weighted by atomic mass is 9.86. The largest absolute Gasteiger partial charge is 0.298 e. The Kier molecular flexibility index (Phi) is 9.42. The third-order valence-corrected chi connectivity index (χ3v) is 3.58. The zero-order valence-corrected chi connectivity index (χ0v) is 11.8. The average molecular weight is 275 g/mol. The molecule has 0 radical (unpaired) electrons. The quantitative estimate of drug-likeness (QED) is 0.690. The molecule has 4 heteroatoms. The molecule has 0 N–H and O–H groups in total. The van der Waals surface area contributed by atoms with E-state index in [-0.39, 0.29) is 12.4 Å². The summed E-state index contributed by atoms with van der Waals surface area (Å²) in [7, 11) is 0. The Bertz CT molecular complexity index is 141. The molecule has 1 aliphatic rings. The van der Waals surface area contributed by atoms with Gasteiger partial charge in [0, 0.05) is 30.9 Å². The number of rotatable bonds is 5. The summed E-state index contributed by atoms with van der Waals surface area (Å²) in [5, 5.41) is 0. The van der Waals surface area contributed by atoms with Crippen molar-refractivity contribution in [2.75, 3.05) is 24.8 Å². The summed E-state index contributed by atoms with van der Waals surface area (Å²) in [6.45, 7) is 4.34. The predicted octanol–water partition coefficient (Wildman–Crippen LogP) is 3.77. The van der Waals surface area contributed by atoms with Crippen molar-refractivity contribution in [1.82, 2.24) is 4.90 Å². The molecule has 0 heterocycles.